The van der Waals surface area contributed by atoms with Crippen molar-refractivity contribution in [2.24, 2.45) is 5.92 Å². The average Bonchev–Trinajstić information content (AvgIpc) is 3.46. The lowest BCUT2D eigenvalue weighted by molar-refractivity contribution is -0.132. The van der Waals surface area contributed by atoms with Gasteiger partial charge in [0.2, 0.25) is 0 Å². The van der Waals surface area contributed by atoms with Crippen LogP contribution in [0.5, 0.6) is 11.5 Å². The van der Waals surface area contributed by atoms with Crippen molar-refractivity contribution in [3.8, 4) is 11.5 Å². The minimum Gasteiger partial charge on any atom is -0.507 e. The summed E-state index contributed by atoms with van der Waals surface area (Å²) in [6.07, 6.45) is 0.878. The molecule has 1 aromatic heterocycles. The number of ether oxygens (including phenoxy) is 2. The molecule has 0 radical (unpaired) electrons. The van der Waals surface area contributed by atoms with E-state index in [9.17, 15) is 14.7 Å². The first-order valence-electron chi connectivity index (χ1n) is 12.9. The van der Waals surface area contributed by atoms with Gasteiger partial charge in [-0.25, -0.2) is 4.98 Å². The zero-order valence-corrected chi connectivity index (χ0v) is 24.2. The number of hydrogen-bond donors (Lipinski definition) is 1. The Kier molecular flexibility index (Phi) is 7.83. The van der Waals surface area contributed by atoms with Gasteiger partial charge in [0.05, 0.1) is 35.5 Å². The summed E-state index contributed by atoms with van der Waals surface area (Å²) in [5.41, 5.74) is 2.67. The van der Waals surface area contributed by atoms with Crippen LogP contribution in [0.3, 0.4) is 0 Å². The van der Waals surface area contributed by atoms with Crippen LogP contribution >= 0.6 is 22.9 Å². The molecule has 1 atom stereocenters. The minimum atomic E-state index is -0.948. The molecule has 1 aliphatic rings. The highest BCUT2D eigenvalue weighted by Gasteiger charge is 2.48. The number of halogens is 1. The largest absolute Gasteiger partial charge is 0.507 e. The third kappa shape index (κ3) is 5.29. The van der Waals surface area contributed by atoms with Crippen molar-refractivity contribution in [3.05, 3.63) is 87.9 Å². The first-order valence-corrected chi connectivity index (χ1v) is 14.1. The van der Waals surface area contributed by atoms with Crippen LogP contribution < -0.4 is 14.4 Å². The van der Waals surface area contributed by atoms with Gasteiger partial charge in [0.25, 0.3) is 5.78 Å². The average molecular weight is 577 g/mol. The summed E-state index contributed by atoms with van der Waals surface area (Å²) in [7, 11) is 1.54. The van der Waals surface area contributed by atoms with E-state index in [0.717, 1.165) is 22.2 Å². The van der Waals surface area contributed by atoms with Crippen LogP contribution in [-0.2, 0) is 9.59 Å². The minimum absolute atomic E-state index is 0.0433. The maximum absolute atomic E-state index is 13.6. The van der Waals surface area contributed by atoms with Gasteiger partial charge < -0.3 is 14.6 Å². The highest BCUT2D eigenvalue weighted by molar-refractivity contribution is 7.22. The van der Waals surface area contributed by atoms with Crippen molar-refractivity contribution in [2.75, 3.05) is 18.6 Å². The van der Waals surface area contributed by atoms with Gasteiger partial charge >= 0.3 is 5.91 Å². The maximum atomic E-state index is 13.6. The van der Waals surface area contributed by atoms with Crippen molar-refractivity contribution in [3.63, 3.8) is 0 Å². The molecule has 2 heterocycles. The van der Waals surface area contributed by atoms with E-state index < -0.39 is 17.7 Å². The molecule has 40 heavy (non-hydrogen) atoms. The molecular weight excluding hydrogens is 548 g/mol. The van der Waals surface area contributed by atoms with Gasteiger partial charge in [0.15, 0.2) is 16.6 Å². The molecular formula is C31H29ClN2O5S. The predicted octanol–water partition coefficient (Wildman–Crippen LogP) is 7.32. The van der Waals surface area contributed by atoms with Crippen molar-refractivity contribution in [1.29, 1.82) is 0 Å². The fourth-order valence-electron chi connectivity index (χ4n) is 4.61. The number of carbonyl (C=O) groups excluding carboxylic acids is 2. The number of methoxy groups -OCH3 is 1. The number of aryl methyl sites for hydroxylation is 1. The Balaban J connectivity index is 1.66. The fraction of sp³-hybridized carbons (Fsp3) is 0.258. The molecule has 0 aliphatic carbocycles. The highest BCUT2D eigenvalue weighted by Crippen LogP contribution is 2.46. The summed E-state index contributed by atoms with van der Waals surface area (Å²) in [5, 5.41) is 12.2. The number of amides is 1. The highest BCUT2D eigenvalue weighted by atomic mass is 35.5. The quantitative estimate of drug-likeness (QED) is 0.134. The third-order valence-electron chi connectivity index (χ3n) is 6.76. The molecule has 1 fully saturated rings. The molecule has 0 saturated carbocycles. The van der Waals surface area contributed by atoms with E-state index >= 15 is 0 Å². The summed E-state index contributed by atoms with van der Waals surface area (Å²) in [4.78, 5) is 33.2. The lowest BCUT2D eigenvalue weighted by atomic mass is 9.95. The van der Waals surface area contributed by atoms with E-state index in [-0.39, 0.29) is 11.3 Å². The zero-order chi connectivity index (χ0) is 28.6. The molecule has 1 aliphatic heterocycles. The standard InChI is InChI=1S/C31H29ClN2O5S/c1-17(2)13-14-39-23-12-8-20(16-24(23)38-4)27-26(28(35)19-6-9-21(32)10-7-19)29(36)30(37)34(27)31-33-22-11-5-18(3)15-25(22)40-31/h5-12,15-17,27,35H,13-14H2,1-4H3/b28-26+. The van der Waals surface area contributed by atoms with Gasteiger partial charge in [0.1, 0.15) is 5.76 Å². The van der Waals surface area contributed by atoms with E-state index in [2.05, 4.69) is 18.8 Å². The molecule has 1 N–H and O–H groups in total. The number of aliphatic hydroxyl groups excluding tert-OH is 1. The molecule has 0 spiro atoms. The summed E-state index contributed by atoms with van der Waals surface area (Å²) in [5.74, 6) is -0.377. The monoisotopic (exact) mass is 576 g/mol. The van der Waals surface area contributed by atoms with Crippen LogP contribution in [0.25, 0.3) is 16.0 Å². The number of nitrogens with zero attached hydrogens (tertiary/aromatic N) is 2. The first-order chi connectivity index (χ1) is 19.2. The van der Waals surface area contributed by atoms with E-state index in [0.29, 0.717) is 45.3 Å². The predicted molar refractivity (Wildman–Crippen MR) is 159 cm³/mol. The summed E-state index contributed by atoms with van der Waals surface area (Å²) in [6, 6.07) is 16.6. The number of aliphatic hydroxyl groups is 1. The van der Waals surface area contributed by atoms with Gasteiger partial charge in [-0.05, 0) is 78.9 Å². The zero-order valence-electron chi connectivity index (χ0n) is 22.6. The Labute approximate surface area is 241 Å². The Hall–Kier alpha value is -3.88. The molecule has 1 unspecified atom stereocenters. The van der Waals surface area contributed by atoms with E-state index in [1.54, 1.807) is 42.5 Å². The van der Waals surface area contributed by atoms with Gasteiger partial charge in [0, 0.05) is 10.6 Å². The molecule has 3 aromatic carbocycles. The SMILES string of the molecule is COc1cc(C2/C(=C(\O)c3ccc(Cl)cc3)C(=O)C(=O)N2c2nc3ccc(C)cc3s2)ccc1OCCC(C)C. The van der Waals surface area contributed by atoms with E-state index in [1.165, 1.54) is 23.3 Å². The van der Waals surface area contributed by atoms with E-state index in [4.69, 9.17) is 21.1 Å². The van der Waals surface area contributed by atoms with Crippen molar-refractivity contribution in [1.82, 2.24) is 4.98 Å². The van der Waals surface area contributed by atoms with Gasteiger partial charge in [-0.15, -0.1) is 0 Å². The second kappa shape index (κ2) is 11.3. The van der Waals surface area contributed by atoms with Crippen LogP contribution in [-0.4, -0.2) is 35.5 Å². The number of ketones is 1. The van der Waals surface area contributed by atoms with Gasteiger partial charge in [-0.2, -0.15) is 0 Å². The molecule has 1 amide bonds. The summed E-state index contributed by atoms with van der Waals surface area (Å²) in [6.45, 7) is 6.75. The maximum Gasteiger partial charge on any atom is 0.301 e. The molecule has 5 rings (SSSR count). The molecule has 1 saturated heterocycles. The van der Waals surface area contributed by atoms with Crippen LogP contribution in [0.4, 0.5) is 5.13 Å². The smallest absolute Gasteiger partial charge is 0.301 e. The number of rotatable bonds is 8. The second-order valence-electron chi connectivity index (χ2n) is 10.1. The van der Waals surface area contributed by atoms with Gasteiger partial charge in [-0.3, -0.25) is 14.5 Å². The first kappa shape index (κ1) is 27.7. The Morgan fingerprint density at radius 1 is 1.07 bits per heavy atom. The van der Waals surface area contributed by atoms with Crippen LogP contribution in [0.2, 0.25) is 5.02 Å². The van der Waals surface area contributed by atoms with Crippen LogP contribution in [0, 0.1) is 12.8 Å². The number of anilines is 1. The number of carbonyl (C=O) groups is 2. The normalized spacial score (nSPS) is 16.8. The summed E-state index contributed by atoms with van der Waals surface area (Å²) >= 11 is 7.36. The lowest BCUT2D eigenvalue weighted by Gasteiger charge is -2.24. The number of thiazole rings is 1. The van der Waals surface area contributed by atoms with Crippen molar-refractivity contribution in [2.45, 2.75) is 33.2 Å². The van der Waals surface area contributed by atoms with Gasteiger partial charge in [-0.1, -0.05) is 48.9 Å². The van der Waals surface area contributed by atoms with Crippen molar-refractivity contribution < 1.29 is 24.2 Å². The molecule has 4 aromatic rings. The topological polar surface area (TPSA) is 89.0 Å². The molecule has 9 heteroatoms. The Bertz CT molecular complexity index is 1630. The molecule has 0 bridgehead atoms. The number of hydrogen-bond acceptors (Lipinski definition) is 7. The Morgan fingerprint density at radius 2 is 1.82 bits per heavy atom. The van der Waals surface area contributed by atoms with Crippen LogP contribution in [0.15, 0.2) is 66.2 Å². The fourth-order valence-corrected chi connectivity index (χ4v) is 5.83. The Morgan fingerprint density at radius 3 is 2.52 bits per heavy atom. The third-order valence-corrected chi connectivity index (χ3v) is 8.03. The summed E-state index contributed by atoms with van der Waals surface area (Å²) < 4.78 is 12.5. The number of benzene rings is 3. The van der Waals surface area contributed by atoms with Crippen LogP contribution in [0.1, 0.15) is 43.0 Å². The van der Waals surface area contributed by atoms with E-state index in [1.807, 2.05) is 25.1 Å². The number of fused-ring (bicyclic) bond motifs is 1. The number of Topliss-reactive ketones (excluding diaryl/α,β-unsaturated/α-hetero) is 1. The molecule has 206 valence electrons. The van der Waals surface area contributed by atoms with Crippen molar-refractivity contribution >= 4 is 55.7 Å². The molecule has 7 nitrogen and oxygen atoms in total. The lowest BCUT2D eigenvalue weighted by Crippen LogP contribution is -2.29. The second-order valence-corrected chi connectivity index (χ2v) is 11.5. The number of aromatic nitrogens is 1.